The summed E-state index contributed by atoms with van der Waals surface area (Å²) in [6, 6.07) is 15.9. The highest BCUT2D eigenvalue weighted by Crippen LogP contribution is 2.35. The molecule has 2 aliphatic rings. The fourth-order valence-electron chi connectivity index (χ4n) is 3.44. The second kappa shape index (κ2) is 7.38. The molecule has 4 rings (SSSR count). The number of imide groups is 1. The van der Waals surface area contributed by atoms with E-state index >= 15 is 0 Å². The fourth-order valence-corrected chi connectivity index (χ4v) is 3.44. The SMILES string of the molecule is COc1cccc(N2C(=O)CC3(CC(C(=O)OCc4ccccc4)=NN3)C2=O)c1. The third kappa shape index (κ3) is 3.44. The number of ether oxygens (including phenoxy) is 2. The van der Waals surface area contributed by atoms with Crippen LogP contribution in [-0.2, 0) is 25.7 Å². The van der Waals surface area contributed by atoms with Crippen LogP contribution in [0.15, 0.2) is 59.7 Å². The normalized spacial score (nSPS) is 20.6. The van der Waals surface area contributed by atoms with Crippen LogP contribution in [0.5, 0.6) is 5.75 Å². The molecule has 1 spiro atoms. The van der Waals surface area contributed by atoms with Crippen molar-refractivity contribution in [2.75, 3.05) is 12.0 Å². The second-order valence-electron chi connectivity index (χ2n) is 6.90. The Morgan fingerprint density at radius 3 is 2.69 bits per heavy atom. The van der Waals surface area contributed by atoms with Gasteiger partial charge in [0.2, 0.25) is 5.91 Å². The Hall–Kier alpha value is -3.68. The van der Waals surface area contributed by atoms with Crippen LogP contribution in [0.25, 0.3) is 0 Å². The van der Waals surface area contributed by atoms with Crippen molar-refractivity contribution in [3.05, 3.63) is 60.2 Å². The first-order valence-electron chi connectivity index (χ1n) is 9.09. The maximum Gasteiger partial charge on any atom is 0.354 e. The van der Waals surface area contributed by atoms with Gasteiger partial charge in [-0.2, -0.15) is 5.10 Å². The van der Waals surface area contributed by atoms with Gasteiger partial charge >= 0.3 is 5.97 Å². The molecule has 8 heteroatoms. The number of carbonyl (C=O) groups is 3. The molecule has 0 aliphatic carbocycles. The molecule has 1 atom stereocenters. The molecule has 0 radical (unpaired) electrons. The number of amides is 2. The lowest BCUT2D eigenvalue weighted by molar-refractivity contribution is -0.136. The van der Waals surface area contributed by atoms with E-state index in [1.54, 1.807) is 24.3 Å². The van der Waals surface area contributed by atoms with E-state index in [1.807, 2.05) is 30.3 Å². The second-order valence-corrected chi connectivity index (χ2v) is 6.90. The third-order valence-corrected chi connectivity index (χ3v) is 4.95. The number of rotatable bonds is 5. The zero-order valence-electron chi connectivity index (χ0n) is 15.8. The molecule has 2 amide bonds. The minimum Gasteiger partial charge on any atom is -0.497 e. The summed E-state index contributed by atoms with van der Waals surface area (Å²) in [5.41, 5.74) is 2.80. The lowest BCUT2D eigenvalue weighted by Gasteiger charge is -2.21. The number of hydrogen-bond donors (Lipinski definition) is 1. The van der Waals surface area contributed by atoms with Crippen LogP contribution in [0, 0.1) is 0 Å². The molecule has 1 saturated heterocycles. The number of hydrogen-bond acceptors (Lipinski definition) is 7. The van der Waals surface area contributed by atoms with E-state index in [9.17, 15) is 14.4 Å². The number of carbonyl (C=O) groups excluding carboxylic acids is 3. The van der Waals surface area contributed by atoms with Gasteiger partial charge in [-0.3, -0.25) is 15.0 Å². The van der Waals surface area contributed by atoms with Gasteiger partial charge in [-0.15, -0.1) is 0 Å². The Morgan fingerprint density at radius 1 is 1.14 bits per heavy atom. The number of nitrogens with zero attached hydrogens (tertiary/aromatic N) is 2. The first-order valence-corrected chi connectivity index (χ1v) is 9.09. The molecule has 0 bridgehead atoms. The number of hydrazone groups is 1. The van der Waals surface area contributed by atoms with Crippen molar-refractivity contribution in [1.29, 1.82) is 0 Å². The van der Waals surface area contributed by atoms with Gasteiger partial charge in [0.1, 0.15) is 23.6 Å². The van der Waals surface area contributed by atoms with E-state index in [4.69, 9.17) is 9.47 Å². The van der Waals surface area contributed by atoms with E-state index < -0.39 is 17.4 Å². The number of esters is 1. The Morgan fingerprint density at radius 2 is 1.93 bits per heavy atom. The largest absolute Gasteiger partial charge is 0.497 e. The zero-order valence-corrected chi connectivity index (χ0v) is 15.8. The molecule has 2 heterocycles. The molecule has 8 nitrogen and oxygen atoms in total. The van der Waals surface area contributed by atoms with Gasteiger partial charge in [0, 0.05) is 12.5 Å². The molecule has 2 aliphatic heterocycles. The zero-order chi connectivity index (χ0) is 20.4. The van der Waals surface area contributed by atoms with E-state index in [1.165, 1.54) is 7.11 Å². The van der Waals surface area contributed by atoms with Crippen molar-refractivity contribution in [3.63, 3.8) is 0 Å². The molecule has 1 N–H and O–H groups in total. The molecule has 148 valence electrons. The highest BCUT2D eigenvalue weighted by Gasteiger charge is 2.56. The maximum absolute atomic E-state index is 13.1. The highest BCUT2D eigenvalue weighted by molar-refractivity contribution is 6.39. The van der Waals surface area contributed by atoms with Crippen molar-refractivity contribution < 1.29 is 23.9 Å². The van der Waals surface area contributed by atoms with E-state index in [0.717, 1.165) is 10.5 Å². The van der Waals surface area contributed by atoms with Crippen molar-refractivity contribution in [2.24, 2.45) is 5.10 Å². The molecule has 1 fully saturated rings. The summed E-state index contributed by atoms with van der Waals surface area (Å²) in [6.45, 7) is 0.106. The molecular weight excluding hydrogens is 374 g/mol. The molecule has 2 aromatic carbocycles. The van der Waals surface area contributed by atoms with Gasteiger partial charge in [0.05, 0.1) is 19.2 Å². The van der Waals surface area contributed by atoms with Crippen LogP contribution in [-0.4, -0.2) is 36.1 Å². The van der Waals surface area contributed by atoms with E-state index in [0.29, 0.717) is 11.4 Å². The molecule has 0 aromatic heterocycles. The van der Waals surface area contributed by atoms with Gasteiger partial charge < -0.3 is 9.47 Å². The average molecular weight is 393 g/mol. The molecule has 29 heavy (non-hydrogen) atoms. The summed E-state index contributed by atoms with van der Waals surface area (Å²) in [6.07, 6.45) is -0.103. The number of methoxy groups -OCH3 is 1. The monoisotopic (exact) mass is 393 g/mol. The summed E-state index contributed by atoms with van der Waals surface area (Å²) >= 11 is 0. The lowest BCUT2D eigenvalue weighted by atomic mass is 9.93. The van der Waals surface area contributed by atoms with Gasteiger partial charge in [-0.1, -0.05) is 36.4 Å². The fraction of sp³-hybridized carbons (Fsp3) is 0.238. The van der Waals surface area contributed by atoms with Crippen molar-refractivity contribution in [2.45, 2.75) is 25.0 Å². The van der Waals surface area contributed by atoms with Crippen LogP contribution in [0.2, 0.25) is 0 Å². The Bertz CT molecular complexity index is 1000. The molecular formula is C21H19N3O5. The summed E-state index contributed by atoms with van der Waals surface area (Å²) in [5, 5.41) is 4.00. The first-order chi connectivity index (χ1) is 14.0. The van der Waals surface area contributed by atoms with Gasteiger partial charge in [-0.25, -0.2) is 9.69 Å². The van der Waals surface area contributed by atoms with Gasteiger partial charge in [0.15, 0.2) is 0 Å². The summed E-state index contributed by atoms with van der Waals surface area (Å²) in [5.74, 6) is -0.904. The smallest absolute Gasteiger partial charge is 0.354 e. The topological polar surface area (TPSA) is 97.3 Å². The van der Waals surface area contributed by atoms with Crippen LogP contribution < -0.4 is 15.1 Å². The third-order valence-electron chi connectivity index (χ3n) is 4.95. The van der Waals surface area contributed by atoms with Crippen molar-refractivity contribution in [1.82, 2.24) is 5.43 Å². The predicted molar refractivity (Wildman–Crippen MR) is 104 cm³/mol. The maximum atomic E-state index is 13.1. The average Bonchev–Trinajstić information content (AvgIpc) is 3.28. The summed E-state index contributed by atoms with van der Waals surface area (Å²) < 4.78 is 10.4. The Balaban J connectivity index is 1.45. The van der Waals surface area contributed by atoms with Gasteiger partial charge in [-0.05, 0) is 17.7 Å². The van der Waals surface area contributed by atoms with Crippen LogP contribution >= 0.6 is 0 Å². The van der Waals surface area contributed by atoms with E-state index in [2.05, 4.69) is 10.5 Å². The van der Waals surface area contributed by atoms with E-state index in [-0.39, 0.29) is 31.1 Å². The van der Waals surface area contributed by atoms with Crippen LogP contribution in [0.4, 0.5) is 5.69 Å². The highest BCUT2D eigenvalue weighted by atomic mass is 16.5. The van der Waals surface area contributed by atoms with Crippen LogP contribution in [0.3, 0.4) is 0 Å². The predicted octanol–water partition coefficient (Wildman–Crippen LogP) is 1.79. The molecule has 0 saturated carbocycles. The van der Waals surface area contributed by atoms with Gasteiger partial charge in [0.25, 0.3) is 5.91 Å². The quantitative estimate of drug-likeness (QED) is 0.614. The van der Waals surface area contributed by atoms with Crippen molar-refractivity contribution >= 4 is 29.2 Å². The molecule has 2 aromatic rings. The summed E-state index contributed by atoms with van der Waals surface area (Å²) in [7, 11) is 1.51. The van der Waals surface area contributed by atoms with Crippen LogP contribution in [0.1, 0.15) is 18.4 Å². The summed E-state index contributed by atoms with van der Waals surface area (Å²) in [4.78, 5) is 39.1. The Kier molecular flexibility index (Phi) is 4.75. The lowest BCUT2D eigenvalue weighted by Crippen LogP contribution is -2.47. The standard InChI is InChI=1S/C21H19N3O5/c1-28-16-9-5-8-15(10-16)24-18(25)12-21(20(24)27)11-17(22-23-21)19(26)29-13-14-6-3-2-4-7-14/h2-10,23H,11-13H2,1H3. The number of anilines is 1. The molecule has 1 unspecified atom stereocenters. The number of benzene rings is 2. The van der Waals surface area contributed by atoms with Crippen molar-refractivity contribution in [3.8, 4) is 5.75 Å². The number of nitrogens with one attached hydrogen (secondary N) is 1. The Labute approximate surface area is 167 Å². The minimum absolute atomic E-state index is 0.00827. The minimum atomic E-state index is -1.26. The first kappa shape index (κ1) is 18.7.